The summed E-state index contributed by atoms with van der Waals surface area (Å²) in [6.45, 7) is 0. The van der Waals surface area contributed by atoms with E-state index in [-0.39, 0.29) is 0 Å². The molecule has 4 nitrogen and oxygen atoms in total. The zero-order valence-electron chi connectivity index (χ0n) is 42.8. The summed E-state index contributed by atoms with van der Waals surface area (Å²) in [6, 6.07) is 99.9. The van der Waals surface area contributed by atoms with Gasteiger partial charge in [-0.2, -0.15) is 0 Å². The molecule has 4 heteroatoms. The van der Waals surface area contributed by atoms with E-state index in [9.17, 15) is 0 Å². The van der Waals surface area contributed by atoms with Gasteiger partial charge in [0.25, 0.3) is 0 Å². The van der Waals surface area contributed by atoms with E-state index in [0.717, 1.165) is 143 Å². The maximum absolute atomic E-state index is 7.48. The predicted molar refractivity (Wildman–Crippen MR) is 332 cm³/mol. The Kier molecular flexibility index (Phi) is 10.2. The van der Waals surface area contributed by atoms with Crippen LogP contribution in [-0.2, 0) is 0 Å². The quantitative estimate of drug-likeness (QED) is 0.0865. The molecule has 0 saturated heterocycles. The van der Waals surface area contributed by atoms with Crippen LogP contribution in [-0.4, -0.2) is 5.71 Å². The number of nitrogens with zero attached hydrogens (tertiary/aromatic N) is 2. The zero-order valence-corrected chi connectivity index (χ0v) is 42.8. The number of furan rings is 2. The van der Waals surface area contributed by atoms with Crippen molar-refractivity contribution in [3.05, 3.63) is 290 Å². The second-order valence-electron chi connectivity index (χ2n) is 20.5. The molecule has 0 aliphatic rings. The highest BCUT2D eigenvalue weighted by Crippen LogP contribution is 2.54. The van der Waals surface area contributed by atoms with Crippen LogP contribution in [0.2, 0.25) is 0 Å². The molecule has 0 amide bonds. The molecule has 16 aromatic rings. The molecule has 14 aromatic carbocycles. The average molecular weight is 1010 g/mol. The van der Waals surface area contributed by atoms with Crippen LogP contribution in [0.3, 0.4) is 0 Å². The third-order valence-electron chi connectivity index (χ3n) is 16.0. The van der Waals surface area contributed by atoms with E-state index in [0.29, 0.717) is 0 Å². The van der Waals surface area contributed by atoms with Crippen LogP contribution >= 0.6 is 0 Å². The number of aliphatic imine (C=N–C) groups is 1. The molecule has 368 valence electrons. The summed E-state index contributed by atoms with van der Waals surface area (Å²) in [5.74, 6) is 0. The molecule has 0 spiro atoms. The van der Waals surface area contributed by atoms with Crippen molar-refractivity contribution in [3.63, 3.8) is 0 Å². The third kappa shape index (κ3) is 7.19. The summed E-state index contributed by atoms with van der Waals surface area (Å²) in [4.78, 5) is 7.91. The Balaban J connectivity index is 1.12. The van der Waals surface area contributed by atoms with E-state index in [4.69, 9.17) is 13.8 Å². The van der Waals surface area contributed by atoms with Gasteiger partial charge in [-0.1, -0.05) is 218 Å². The molecule has 0 N–H and O–H groups in total. The van der Waals surface area contributed by atoms with Gasteiger partial charge in [0.15, 0.2) is 0 Å². The van der Waals surface area contributed by atoms with E-state index < -0.39 is 0 Å². The molecule has 0 saturated carbocycles. The number of hydrogen-bond acceptors (Lipinski definition) is 4. The van der Waals surface area contributed by atoms with Crippen molar-refractivity contribution in [2.24, 2.45) is 4.99 Å². The Morgan fingerprint density at radius 2 is 0.911 bits per heavy atom. The second-order valence-corrected chi connectivity index (χ2v) is 20.5. The molecule has 2 heterocycles. The monoisotopic (exact) mass is 1010 g/mol. The minimum Gasteiger partial charge on any atom is -0.455 e. The van der Waals surface area contributed by atoms with Gasteiger partial charge in [0.1, 0.15) is 22.3 Å². The Bertz CT molecular complexity index is 5060. The fourth-order valence-electron chi connectivity index (χ4n) is 12.5. The third-order valence-corrected chi connectivity index (χ3v) is 16.0. The van der Waals surface area contributed by atoms with E-state index in [2.05, 4.69) is 260 Å². The Labute approximate surface area is 455 Å². The molecule has 16 rings (SSSR count). The molecule has 0 radical (unpaired) electrons. The number of fused-ring (bicyclic) bond motifs is 14. The van der Waals surface area contributed by atoms with Crippen molar-refractivity contribution >= 4 is 126 Å². The molecule has 79 heavy (non-hydrogen) atoms. The lowest BCUT2D eigenvalue weighted by molar-refractivity contribution is 0.668. The van der Waals surface area contributed by atoms with Crippen LogP contribution in [0.1, 0.15) is 11.1 Å². The van der Waals surface area contributed by atoms with Crippen LogP contribution in [0.4, 0.5) is 22.7 Å². The Morgan fingerprint density at radius 3 is 1.65 bits per heavy atom. The first-order valence-corrected chi connectivity index (χ1v) is 26.9. The van der Waals surface area contributed by atoms with E-state index in [1.165, 1.54) is 16.2 Å². The van der Waals surface area contributed by atoms with E-state index >= 15 is 0 Å². The SMILES string of the molecule is c1ccc(/N=C(/c2ccccc2)c2cccc3c2oc2cc(-c4ccccc4)c4cc(N(c5ccc6ccccc6c5)c5c6ccccc6cc6ccccc56)c5ccc6c(oc7cccc(-c8ccccc8)c76)c5c4c23)cc1. The number of anilines is 3. The lowest BCUT2D eigenvalue weighted by Gasteiger charge is -2.30. The van der Waals surface area contributed by atoms with Crippen molar-refractivity contribution < 1.29 is 8.83 Å². The van der Waals surface area contributed by atoms with Crippen LogP contribution in [0.25, 0.3) is 120 Å². The van der Waals surface area contributed by atoms with E-state index in [1.54, 1.807) is 0 Å². The molecule has 0 aliphatic carbocycles. The van der Waals surface area contributed by atoms with Crippen molar-refractivity contribution in [2.45, 2.75) is 0 Å². The molecular formula is C75H46N2O2. The van der Waals surface area contributed by atoms with Gasteiger partial charge in [-0.3, -0.25) is 0 Å². The van der Waals surface area contributed by atoms with E-state index in [1.807, 2.05) is 24.3 Å². The number of para-hydroxylation sites is 2. The predicted octanol–water partition coefficient (Wildman–Crippen LogP) is 21.2. The lowest BCUT2D eigenvalue weighted by Crippen LogP contribution is -2.12. The van der Waals surface area contributed by atoms with Gasteiger partial charge in [-0.05, 0) is 110 Å². The molecule has 0 atom stereocenters. The summed E-state index contributed by atoms with van der Waals surface area (Å²) in [6.07, 6.45) is 0. The summed E-state index contributed by atoms with van der Waals surface area (Å²) >= 11 is 0. The molecule has 0 bridgehead atoms. The maximum atomic E-state index is 7.48. The number of rotatable bonds is 8. The first kappa shape index (κ1) is 44.7. The Hall–Kier alpha value is -10.6. The highest BCUT2D eigenvalue weighted by atomic mass is 16.3. The van der Waals surface area contributed by atoms with Gasteiger partial charge in [0.2, 0.25) is 0 Å². The van der Waals surface area contributed by atoms with Crippen molar-refractivity contribution in [1.29, 1.82) is 0 Å². The van der Waals surface area contributed by atoms with Gasteiger partial charge in [-0.15, -0.1) is 0 Å². The number of hydrogen-bond donors (Lipinski definition) is 0. The van der Waals surface area contributed by atoms with Crippen molar-refractivity contribution in [1.82, 2.24) is 0 Å². The molecule has 0 fully saturated rings. The Morgan fingerprint density at radius 1 is 0.329 bits per heavy atom. The topological polar surface area (TPSA) is 41.9 Å². The smallest absolute Gasteiger partial charge is 0.144 e. The van der Waals surface area contributed by atoms with Crippen molar-refractivity contribution in [3.8, 4) is 22.3 Å². The van der Waals surface area contributed by atoms with Crippen LogP contribution in [0.15, 0.2) is 293 Å². The van der Waals surface area contributed by atoms with Crippen molar-refractivity contribution in [2.75, 3.05) is 4.90 Å². The van der Waals surface area contributed by atoms with Crippen LogP contribution in [0.5, 0.6) is 0 Å². The van der Waals surface area contributed by atoms with Gasteiger partial charge in [0, 0.05) is 65.3 Å². The second kappa shape index (κ2) is 18.1. The summed E-state index contributed by atoms with van der Waals surface area (Å²) in [5.41, 5.74) is 14.3. The molecule has 0 unspecified atom stereocenters. The molecular weight excluding hydrogens is 961 g/mol. The minimum atomic E-state index is 0.767. The van der Waals surface area contributed by atoms with Gasteiger partial charge < -0.3 is 13.7 Å². The number of benzene rings is 14. The zero-order chi connectivity index (χ0) is 52.0. The summed E-state index contributed by atoms with van der Waals surface area (Å²) in [5, 5.41) is 15.3. The largest absolute Gasteiger partial charge is 0.455 e. The lowest BCUT2D eigenvalue weighted by atomic mass is 9.88. The van der Waals surface area contributed by atoms with Gasteiger partial charge in [0.05, 0.1) is 22.8 Å². The fraction of sp³-hybridized carbons (Fsp3) is 0. The fourth-order valence-corrected chi connectivity index (χ4v) is 12.5. The summed E-state index contributed by atoms with van der Waals surface area (Å²) in [7, 11) is 0. The normalized spacial score (nSPS) is 12.1. The van der Waals surface area contributed by atoms with Gasteiger partial charge >= 0.3 is 0 Å². The molecule has 2 aromatic heterocycles. The first-order chi connectivity index (χ1) is 39.2. The first-order valence-electron chi connectivity index (χ1n) is 26.9. The van der Waals surface area contributed by atoms with Crippen LogP contribution < -0.4 is 4.90 Å². The maximum Gasteiger partial charge on any atom is 0.144 e. The summed E-state index contributed by atoms with van der Waals surface area (Å²) < 4.78 is 14.9. The van der Waals surface area contributed by atoms with Gasteiger partial charge in [-0.25, -0.2) is 4.99 Å². The van der Waals surface area contributed by atoms with Crippen LogP contribution in [0, 0.1) is 0 Å². The standard InChI is InChI=1S/C75H46N2O2/c1-5-22-48(23-6-1)56-35-20-38-66-68(56)61-42-41-59-65(77(55-40-39-47-21-13-14-28-51(47)44-55)73-57-33-17-15-29-52(57)43-53-30-16-18-34-58(53)73)45-64-63(49-24-7-2-8-25-49)46-67-69(70(64)71(59)75(61)78-66)60-36-19-37-62(74(60)79-67)72(50-26-9-3-10-27-50)76-54-31-11-4-12-32-54/h1-46H/b76-72-. The molecule has 0 aliphatic heterocycles. The average Bonchev–Trinajstić information content (AvgIpc) is 4.34. The minimum absolute atomic E-state index is 0.767. The highest BCUT2D eigenvalue weighted by molar-refractivity contribution is 6.38. The highest BCUT2D eigenvalue weighted by Gasteiger charge is 2.29.